The molecule has 3 aromatic rings. The molecule has 0 fully saturated rings. The molecule has 2 aromatic carbocycles. The number of halogens is 1. The van der Waals surface area contributed by atoms with Gasteiger partial charge in [0.1, 0.15) is 11.4 Å². The normalized spacial score (nSPS) is 11.9. The van der Waals surface area contributed by atoms with Crippen molar-refractivity contribution in [3.8, 4) is 22.8 Å². The second-order valence-corrected chi connectivity index (χ2v) is 9.35. The van der Waals surface area contributed by atoms with Crippen LogP contribution in [0.3, 0.4) is 0 Å². The van der Waals surface area contributed by atoms with E-state index in [0.717, 1.165) is 29.0 Å². The molecule has 0 aliphatic carbocycles. The Morgan fingerprint density at radius 1 is 1.08 bits per heavy atom. The van der Waals surface area contributed by atoms with Gasteiger partial charge in [-0.05, 0) is 62.1 Å². The summed E-state index contributed by atoms with van der Waals surface area (Å²) in [5, 5.41) is 11.9. The molecule has 1 aromatic heterocycles. The van der Waals surface area contributed by atoms with Gasteiger partial charge in [-0.15, -0.1) is 0 Å². The Hall–Kier alpha value is -4.47. The molecular weight excluding hydrogens is 481 g/mol. The molecule has 0 radical (unpaired) electrons. The lowest BCUT2D eigenvalue weighted by atomic mass is 9.98. The number of alkyl carbamates (subject to hydrolysis) is 1. The first-order valence-electron chi connectivity index (χ1n) is 11.4. The molecule has 37 heavy (non-hydrogen) atoms. The Morgan fingerprint density at radius 2 is 1.78 bits per heavy atom. The fourth-order valence-corrected chi connectivity index (χ4v) is 3.48. The third-order valence-electron chi connectivity index (χ3n) is 5.05. The Labute approximate surface area is 213 Å². The number of benzene rings is 2. The monoisotopic (exact) mass is 509 g/mol. The van der Waals surface area contributed by atoms with Crippen molar-refractivity contribution < 1.29 is 33.4 Å². The lowest BCUT2D eigenvalue weighted by Crippen LogP contribution is -2.41. The predicted octanol–water partition coefficient (Wildman–Crippen LogP) is 4.69. The van der Waals surface area contributed by atoms with Crippen LogP contribution in [-0.4, -0.2) is 39.7 Å². The summed E-state index contributed by atoms with van der Waals surface area (Å²) in [7, 11) is 0. The highest BCUT2D eigenvalue weighted by Crippen LogP contribution is 2.27. The van der Waals surface area contributed by atoms with Gasteiger partial charge >= 0.3 is 12.1 Å². The van der Waals surface area contributed by atoms with E-state index < -0.39 is 35.4 Å². The molecule has 10 heteroatoms. The average molecular weight is 510 g/mol. The number of hydrogen-bond donors (Lipinski definition) is 3. The largest absolute Gasteiger partial charge is 0.481 e. The molecule has 0 saturated carbocycles. The van der Waals surface area contributed by atoms with E-state index in [4.69, 9.17) is 15.2 Å². The van der Waals surface area contributed by atoms with Gasteiger partial charge in [-0.2, -0.15) is 0 Å². The summed E-state index contributed by atoms with van der Waals surface area (Å²) < 4.78 is 24.9. The maximum Gasteiger partial charge on any atom is 0.407 e. The van der Waals surface area contributed by atoms with Gasteiger partial charge in [0, 0.05) is 12.2 Å². The third-order valence-corrected chi connectivity index (χ3v) is 5.05. The quantitative estimate of drug-likeness (QED) is 0.380. The summed E-state index contributed by atoms with van der Waals surface area (Å²) in [5.41, 5.74) is 6.86. The van der Waals surface area contributed by atoms with Crippen molar-refractivity contribution in [2.75, 3.05) is 0 Å². The molecular formula is C27H28FN3O6. The van der Waals surface area contributed by atoms with Crippen LogP contribution in [0, 0.1) is 5.82 Å². The smallest absolute Gasteiger partial charge is 0.407 e. The zero-order chi connectivity index (χ0) is 27.2. The highest BCUT2D eigenvalue weighted by molar-refractivity contribution is 5.92. The summed E-state index contributed by atoms with van der Waals surface area (Å²) in [6, 6.07) is 14.6. The Morgan fingerprint density at radius 3 is 2.38 bits per heavy atom. The number of amides is 2. The van der Waals surface area contributed by atoms with E-state index in [2.05, 4.69) is 10.3 Å². The molecule has 0 spiro atoms. The first-order valence-corrected chi connectivity index (χ1v) is 11.4. The van der Waals surface area contributed by atoms with E-state index in [1.165, 1.54) is 0 Å². The lowest BCUT2D eigenvalue weighted by molar-refractivity contribution is -0.137. The number of ether oxygens (including phenoxy) is 2. The lowest BCUT2D eigenvalue weighted by Gasteiger charge is -2.23. The highest BCUT2D eigenvalue weighted by atomic mass is 19.1. The molecule has 0 aliphatic rings. The van der Waals surface area contributed by atoms with Gasteiger partial charge in [0.15, 0.2) is 5.82 Å². The van der Waals surface area contributed by atoms with Gasteiger partial charge < -0.3 is 25.6 Å². The maximum absolute atomic E-state index is 14.2. The van der Waals surface area contributed by atoms with Crippen molar-refractivity contribution in [3.05, 3.63) is 77.7 Å². The third kappa shape index (κ3) is 8.31. The van der Waals surface area contributed by atoms with Crippen LogP contribution in [0.2, 0.25) is 0 Å². The van der Waals surface area contributed by atoms with Crippen LogP contribution < -0.4 is 15.8 Å². The van der Waals surface area contributed by atoms with Gasteiger partial charge in [-0.25, -0.2) is 14.2 Å². The number of nitrogens with two attached hydrogens (primary N) is 1. The Bertz CT molecular complexity index is 1290. The molecule has 4 N–H and O–H groups in total. The number of nitrogens with zero attached hydrogens (tertiary/aromatic N) is 1. The van der Waals surface area contributed by atoms with E-state index in [9.17, 15) is 23.9 Å². The molecule has 0 saturated heterocycles. The zero-order valence-corrected chi connectivity index (χ0v) is 20.7. The number of aliphatic carboxylic acids is 1. The summed E-state index contributed by atoms with van der Waals surface area (Å²) in [4.78, 5) is 38.4. The molecule has 9 nitrogen and oxygen atoms in total. The molecule has 1 unspecified atom stereocenters. The SMILES string of the molecule is CC(C)(C)OC(=O)NC(CC(=O)O)Cc1cccc(-c2ccc(Oc3ncc(C(N)=O)cc3F)cc2)c1. The number of aromatic nitrogens is 1. The molecule has 1 heterocycles. The number of hydrogen-bond acceptors (Lipinski definition) is 6. The minimum absolute atomic E-state index is 0.0630. The van der Waals surface area contributed by atoms with Crippen molar-refractivity contribution in [1.29, 1.82) is 0 Å². The second-order valence-electron chi connectivity index (χ2n) is 9.35. The molecule has 2 amide bonds. The molecule has 0 aliphatic heterocycles. The minimum atomic E-state index is -1.04. The molecule has 194 valence electrons. The number of carboxylic acids is 1. The van der Waals surface area contributed by atoms with Crippen molar-refractivity contribution in [2.24, 2.45) is 5.73 Å². The van der Waals surface area contributed by atoms with Gasteiger partial charge in [-0.3, -0.25) is 9.59 Å². The van der Waals surface area contributed by atoms with E-state index >= 15 is 0 Å². The van der Waals surface area contributed by atoms with Crippen molar-refractivity contribution in [2.45, 2.75) is 45.3 Å². The Kier molecular flexibility index (Phi) is 8.44. The van der Waals surface area contributed by atoms with Crippen molar-refractivity contribution >= 4 is 18.0 Å². The Balaban J connectivity index is 1.72. The first kappa shape index (κ1) is 27.1. The summed E-state index contributed by atoms with van der Waals surface area (Å²) in [5.74, 6) is -2.60. The van der Waals surface area contributed by atoms with Gasteiger partial charge in [-0.1, -0.05) is 36.4 Å². The van der Waals surface area contributed by atoms with Crippen LogP contribution >= 0.6 is 0 Å². The van der Waals surface area contributed by atoms with E-state index in [-0.39, 0.29) is 24.3 Å². The predicted molar refractivity (Wildman–Crippen MR) is 134 cm³/mol. The molecule has 0 bridgehead atoms. The number of carbonyl (C=O) groups is 3. The number of nitrogens with one attached hydrogen (secondary N) is 1. The van der Waals surface area contributed by atoms with Crippen LogP contribution in [0.1, 0.15) is 43.1 Å². The van der Waals surface area contributed by atoms with Crippen LogP contribution in [0.5, 0.6) is 11.6 Å². The van der Waals surface area contributed by atoms with E-state index in [1.54, 1.807) is 45.0 Å². The van der Waals surface area contributed by atoms with Crippen LogP contribution in [0.25, 0.3) is 11.1 Å². The summed E-state index contributed by atoms with van der Waals surface area (Å²) >= 11 is 0. The first-order chi connectivity index (χ1) is 17.4. The van der Waals surface area contributed by atoms with E-state index in [0.29, 0.717) is 5.75 Å². The van der Waals surface area contributed by atoms with E-state index in [1.807, 2.05) is 24.3 Å². The zero-order valence-electron chi connectivity index (χ0n) is 20.7. The fourth-order valence-electron chi connectivity index (χ4n) is 3.48. The van der Waals surface area contributed by atoms with Gasteiger partial charge in [0.05, 0.1) is 12.0 Å². The highest BCUT2D eigenvalue weighted by Gasteiger charge is 2.22. The van der Waals surface area contributed by atoms with Crippen LogP contribution in [-0.2, 0) is 16.0 Å². The van der Waals surface area contributed by atoms with Crippen molar-refractivity contribution in [1.82, 2.24) is 10.3 Å². The van der Waals surface area contributed by atoms with Crippen molar-refractivity contribution in [3.63, 3.8) is 0 Å². The molecule has 1 atom stereocenters. The number of carbonyl (C=O) groups excluding carboxylic acids is 2. The number of primary amides is 1. The topological polar surface area (TPSA) is 141 Å². The van der Waals surface area contributed by atoms with Gasteiger partial charge in [0.25, 0.3) is 5.88 Å². The van der Waals surface area contributed by atoms with Crippen LogP contribution in [0.4, 0.5) is 9.18 Å². The fraction of sp³-hybridized carbons (Fsp3) is 0.259. The van der Waals surface area contributed by atoms with Crippen LogP contribution in [0.15, 0.2) is 60.8 Å². The number of rotatable bonds is 9. The summed E-state index contributed by atoms with van der Waals surface area (Å²) in [6.07, 6.45) is 0.476. The number of pyridine rings is 1. The summed E-state index contributed by atoms with van der Waals surface area (Å²) in [6.45, 7) is 5.18. The average Bonchev–Trinajstić information content (AvgIpc) is 2.79. The number of carboxylic acid groups (broad SMARTS) is 1. The maximum atomic E-state index is 14.2. The second kappa shape index (κ2) is 11.5. The molecule has 3 rings (SSSR count). The van der Waals surface area contributed by atoms with Gasteiger partial charge in [0.2, 0.25) is 5.91 Å². The minimum Gasteiger partial charge on any atom is -0.481 e. The standard InChI is InChI=1S/C27H28FN3O6/c1-27(2,3)37-26(35)31-20(14-23(32)33)12-16-5-4-6-18(11-16)17-7-9-21(10-8-17)36-25-22(28)13-19(15-30-25)24(29)34/h4-11,13,15,20H,12,14H2,1-3H3,(H2,29,34)(H,31,35)(H,32,33).